The van der Waals surface area contributed by atoms with Crippen molar-refractivity contribution < 1.29 is 9.47 Å². The molecule has 2 aromatic heterocycles. The third-order valence-corrected chi connectivity index (χ3v) is 3.92. The van der Waals surface area contributed by atoms with E-state index in [4.69, 9.17) is 9.47 Å². The first-order chi connectivity index (χ1) is 10.2. The van der Waals surface area contributed by atoms with Crippen molar-refractivity contribution in [1.29, 1.82) is 0 Å². The van der Waals surface area contributed by atoms with Gasteiger partial charge in [-0.15, -0.1) is 5.10 Å². The van der Waals surface area contributed by atoms with E-state index in [0.29, 0.717) is 16.7 Å². The minimum absolute atomic E-state index is 0.623. The molecule has 0 amide bonds. The second-order valence-electron chi connectivity index (χ2n) is 4.09. The van der Waals surface area contributed by atoms with Gasteiger partial charge in [0.15, 0.2) is 11.5 Å². The zero-order valence-electron chi connectivity index (χ0n) is 11.6. The maximum Gasteiger partial charge on any atom is 0.215 e. The molecule has 0 saturated heterocycles. The van der Waals surface area contributed by atoms with Gasteiger partial charge in [-0.2, -0.15) is 0 Å². The van der Waals surface area contributed by atoms with Gasteiger partial charge in [0.05, 0.1) is 19.7 Å². The van der Waals surface area contributed by atoms with Crippen molar-refractivity contribution in [3.8, 4) is 11.5 Å². The number of aromatic nitrogens is 6. The lowest BCUT2D eigenvalue weighted by Gasteiger charge is -2.10. The molecule has 0 bridgehead atoms. The highest BCUT2D eigenvalue weighted by Crippen LogP contribution is 2.36. The molecular weight excluding hydrogens is 292 g/mol. The predicted octanol–water partition coefficient (Wildman–Crippen LogP) is 1.32. The van der Waals surface area contributed by atoms with Gasteiger partial charge in [-0.3, -0.25) is 0 Å². The molecule has 0 atom stereocenters. The molecule has 108 valence electrons. The Kier molecular flexibility index (Phi) is 3.57. The van der Waals surface area contributed by atoms with Crippen LogP contribution < -0.4 is 9.47 Å². The Hall–Kier alpha value is -2.42. The number of hydrogen-bond donors (Lipinski definition) is 0. The van der Waals surface area contributed by atoms with Crippen molar-refractivity contribution in [3.05, 3.63) is 18.5 Å². The van der Waals surface area contributed by atoms with Crippen LogP contribution in [0.5, 0.6) is 11.5 Å². The number of hydrogen-bond acceptors (Lipinski definition) is 8. The van der Waals surface area contributed by atoms with Gasteiger partial charge in [-0.1, -0.05) is 0 Å². The molecule has 0 unspecified atom stereocenters. The molecule has 0 aliphatic heterocycles. The molecule has 0 aliphatic rings. The summed E-state index contributed by atoms with van der Waals surface area (Å²) >= 11 is 1.36. The van der Waals surface area contributed by atoms with Crippen LogP contribution in [0.15, 0.2) is 28.6 Å². The van der Waals surface area contributed by atoms with Crippen molar-refractivity contribution in [2.75, 3.05) is 14.2 Å². The van der Waals surface area contributed by atoms with E-state index in [2.05, 4.69) is 25.5 Å². The standard InChI is InChI=1S/C12H12N6O2S/c1-18-12(15-16-17-18)21-11-7-4-9(19-2)10(20-3)5-8(7)13-6-14-11/h4-6H,1-3H3. The van der Waals surface area contributed by atoms with Gasteiger partial charge in [0.2, 0.25) is 5.16 Å². The molecule has 0 radical (unpaired) electrons. The van der Waals surface area contributed by atoms with Crippen LogP contribution in [0.25, 0.3) is 10.9 Å². The Morgan fingerprint density at radius 2 is 1.86 bits per heavy atom. The molecule has 0 spiro atoms. The summed E-state index contributed by atoms with van der Waals surface area (Å²) in [6.07, 6.45) is 1.50. The summed E-state index contributed by atoms with van der Waals surface area (Å²) < 4.78 is 12.2. The topological polar surface area (TPSA) is 87.8 Å². The zero-order chi connectivity index (χ0) is 14.8. The van der Waals surface area contributed by atoms with Gasteiger partial charge in [0.1, 0.15) is 11.4 Å². The lowest BCUT2D eigenvalue weighted by Crippen LogP contribution is -1.96. The molecule has 8 nitrogen and oxygen atoms in total. The highest BCUT2D eigenvalue weighted by Gasteiger charge is 2.13. The first-order valence-electron chi connectivity index (χ1n) is 6.00. The maximum atomic E-state index is 5.32. The average Bonchev–Trinajstić information content (AvgIpc) is 2.91. The van der Waals surface area contributed by atoms with E-state index in [9.17, 15) is 0 Å². The summed E-state index contributed by atoms with van der Waals surface area (Å²) in [5.74, 6) is 1.25. The lowest BCUT2D eigenvalue weighted by atomic mass is 10.2. The third kappa shape index (κ3) is 2.47. The maximum absolute atomic E-state index is 5.32. The molecular formula is C12H12N6O2S. The highest BCUT2D eigenvalue weighted by atomic mass is 32.2. The summed E-state index contributed by atoms with van der Waals surface area (Å²) in [6.45, 7) is 0. The average molecular weight is 304 g/mol. The van der Waals surface area contributed by atoms with Crippen LogP contribution in [0, 0.1) is 0 Å². The van der Waals surface area contributed by atoms with E-state index in [1.807, 2.05) is 12.1 Å². The van der Waals surface area contributed by atoms with Gasteiger partial charge < -0.3 is 9.47 Å². The number of benzene rings is 1. The fourth-order valence-corrected chi connectivity index (χ4v) is 2.63. The molecule has 0 aliphatic carbocycles. The number of ether oxygens (including phenoxy) is 2. The van der Waals surface area contributed by atoms with E-state index < -0.39 is 0 Å². The van der Waals surface area contributed by atoms with Crippen LogP contribution in [0.3, 0.4) is 0 Å². The summed E-state index contributed by atoms with van der Waals surface area (Å²) in [5, 5.41) is 13.6. The lowest BCUT2D eigenvalue weighted by molar-refractivity contribution is 0.355. The number of rotatable bonds is 4. The summed E-state index contributed by atoms with van der Waals surface area (Å²) in [4.78, 5) is 8.56. The fourth-order valence-electron chi connectivity index (χ4n) is 1.83. The second kappa shape index (κ2) is 5.52. The molecule has 9 heteroatoms. The Bertz CT molecular complexity index is 791. The van der Waals surface area contributed by atoms with Gasteiger partial charge in [-0.25, -0.2) is 14.6 Å². The van der Waals surface area contributed by atoms with E-state index in [1.54, 1.807) is 25.9 Å². The van der Waals surface area contributed by atoms with Crippen LogP contribution in [0.1, 0.15) is 0 Å². The number of aryl methyl sites for hydroxylation is 1. The first-order valence-corrected chi connectivity index (χ1v) is 6.81. The van der Waals surface area contributed by atoms with Crippen molar-refractivity contribution in [3.63, 3.8) is 0 Å². The van der Waals surface area contributed by atoms with Gasteiger partial charge in [-0.05, 0) is 28.3 Å². The minimum Gasteiger partial charge on any atom is -0.493 e. The smallest absolute Gasteiger partial charge is 0.215 e. The largest absolute Gasteiger partial charge is 0.493 e. The van der Waals surface area contributed by atoms with Crippen LogP contribution in [0.2, 0.25) is 0 Å². The van der Waals surface area contributed by atoms with Crippen LogP contribution in [-0.2, 0) is 7.05 Å². The predicted molar refractivity (Wildman–Crippen MR) is 75.6 cm³/mol. The minimum atomic E-state index is 0.623. The quantitative estimate of drug-likeness (QED) is 0.667. The van der Waals surface area contributed by atoms with Crippen LogP contribution in [0.4, 0.5) is 0 Å². The van der Waals surface area contributed by atoms with E-state index >= 15 is 0 Å². The third-order valence-electron chi connectivity index (χ3n) is 2.87. The molecule has 1 aromatic carbocycles. The van der Waals surface area contributed by atoms with E-state index in [0.717, 1.165) is 15.9 Å². The van der Waals surface area contributed by atoms with Crippen LogP contribution in [-0.4, -0.2) is 44.4 Å². The molecule has 2 heterocycles. The van der Waals surface area contributed by atoms with Crippen molar-refractivity contribution in [2.24, 2.45) is 7.05 Å². The molecule has 3 aromatic rings. The molecule has 0 saturated carbocycles. The normalized spacial score (nSPS) is 10.8. The van der Waals surface area contributed by atoms with Gasteiger partial charge >= 0.3 is 0 Å². The number of tetrazole rings is 1. The Morgan fingerprint density at radius 1 is 1.10 bits per heavy atom. The molecule has 0 N–H and O–H groups in total. The monoisotopic (exact) mass is 304 g/mol. The van der Waals surface area contributed by atoms with Gasteiger partial charge in [0.25, 0.3) is 0 Å². The number of nitrogens with zero attached hydrogens (tertiary/aromatic N) is 6. The molecule has 21 heavy (non-hydrogen) atoms. The summed E-state index contributed by atoms with van der Waals surface area (Å²) in [7, 11) is 4.95. The first kappa shape index (κ1) is 13.6. The Morgan fingerprint density at radius 3 is 2.52 bits per heavy atom. The highest BCUT2D eigenvalue weighted by molar-refractivity contribution is 7.99. The summed E-state index contributed by atoms with van der Waals surface area (Å²) in [6, 6.07) is 3.66. The van der Waals surface area contributed by atoms with Crippen molar-refractivity contribution >= 4 is 22.7 Å². The van der Waals surface area contributed by atoms with Crippen LogP contribution >= 0.6 is 11.8 Å². The number of fused-ring (bicyclic) bond motifs is 1. The van der Waals surface area contributed by atoms with E-state index in [-0.39, 0.29) is 0 Å². The molecule has 0 fully saturated rings. The van der Waals surface area contributed by atoms with Gasteiger partial charge in [0, 0.05) is 18.5 Å². The second-order valence-corrected chi connectivity index (χ2v) is 5.05. The summed E-state index contributed by atoms with van der Waals surface area (Å²) in [5.41, 5.74) is 0.764. The SMILES string of the molecule is COc1cc2ncnc(Sc3nnnn3C)c2cc1OC. The van der Waals surface area contributed by atoms with Crippen molar-refractivity contribution in [1.82, 2.24) is 30.2 Å². The molecule has 3 rings (SSSR count). The van der Waals surface area contributed by atoms with E-state index in [1.165, 1.54) is 18.1 Å². The number of methoxy groups -OCH3 is 2. The fraction of sp³-hybridized carbons (Fsp3) is 0.250. The zero-order valence-corrected chi connectivity index (χ0v) is 12.5. The Labute approximate surface area is 124 Å². The Balaban J connectivity index is 2.12. The van der Waals surface area contributed by atoms with Crippen molar-refractivity contribution in [2.45, 2.75) is 10.2 Å².